The molecule has 0 spiro atoms. The van der Waals surface area contributed by atoms with E-state index in [1.807, 2.05) is 30.7 Å². The van der Waals surface area contributed by atoms with Crippen LogP contribution in [-0.4, -0.2) is 41.8 Å². The summed E-state index contributed by atoms with van der Waals surface area (Å²) in [7, 11) is 0. The van der Waals surface area contributed by atoms with Crippen molar-refractivity contribution in [1.82, 2.24) is 24.5 Å². The van der Waals surface area contributed by atoms with E-state index in [1.165, 1.54) is 0 Å². The second-order valence-electron chi connectivity index (χ2n) is 7.07. The Balaban J connectivity index is 1.50. The van der Waals surface area contributed by atoms with E-state index in [2.05, 4.69) is 36.7 Å². The van der Waals surface area contributed by atoms with Crippen LogP contribution in [0.3, 0.4) is 0 Å². The fourth-order valence-electron chi connectivity index (χ4n) is 3.69. The summed E-state index contributed by atoms with van der Waals surface area (Å²) in [6, 6.07) is 5.78. The Morgan fingerprint density at radius 3 is 2.74 bits per heavy atom. The summed E-state index contributed by atoms with van der Waals surface area (Å²) in [5, 5.41) is 14.0. The monoisotopic (exact) mass is 364 g/mol. The van der Waals surface area contributed by atoms with Crippen molar-refractivity contribution >= 4 is 5.82 Å². The van der Waals surface area contributed by atoms with Gasteiger partial charge >= 0.3 is 0 Å². The fraction of sp³-hybridized carbons (Fsp3) is 0.400. The first-order valence-corrected chi connectivity index (χ1v) is 9.40. The molecule has 0 saturated heterocycles. The highest BCUT2D eigenvalue weighted by atomic mass is 16.3. The molecule has 0 amide bonds. The number of hydrogen-bond acceptors (Lipinski definition) is 6. The van der Waals surface area contributed by atoms with E-state index in [1.54, 1.807) is 18.6 Å². The number of aliphatic hydroxyl groups is 1. The van der Waals surface area contributed by atoms with Crippen LogP contribution in [0.15, 0.2) is 49.3 Å². The molecular formula is C20H24N6O. The largest absolute Gasteiger partial charge is 0.391 e. The molecule has 3 heterocycles. The molecule has 0 bridgehead atoms. The molecular weight excluding hydrogens is 340 g/mol. The number of pyridine rings is 1. The zero-order chi connectivity index (χ0) is 18.6. The zero-order valence-electron chi connectivity index (χ0n) is 15.4. The van der Waals surface area contributed by atoms with Crippen LogP contribution in [0.5, 0.6) is 0 Å². The lowest BCUT2D eigenvalue weighted by molar-refractivity contribution is 0.166. The second-order valence-corrected chi connectivity index (χ2v) is 7.07. The van der Waals surface area contributed by atoms with Crippen molar-refractivity contribution in [3.8, 4) is 11.4 Å². The number of aryl methyl sites for hydroxylation is 1. The molecule has 3 aromatic rings. The molecule has 0 aliphatic heterocycles. The molecule has 0 aromatic carbocycles. The van der Waals surface area contributed by atoms with Gasteiger partial charge in [0, 0.05) is 48.7 Å². The molecule has 7 heteroatoms. The quantitative estimate of drug-likeness (QED) is 0.699. The number of rotatable bonds is 6. The van der Waals surface area contributed by atoms with Gasteiger partial charge in [-0.2, -0.15) is 0 Å². The Morgan fingerprint density at radius 1 is 1.15 bits per heavy atom. The third-order valence-corrected chi connectivity index (χ3v) is 5.07. The molecule has 2 N–H and O–H groups in total. The summed E-state index contributed by atoms with van der Waals surface area (Å²) in [6.45, 7) is 2.95. The van der Waals surface area contributed by atoms with Gasteiger partial charge in [-0.1, -0.05) is 6.92 Å². The Kier molecular flexibility index (Phi) is 5.11. The van der Waals surface area contributed by atoms with Gasteiger partial charge in [-0.25, -0.2) is 15.0 Å². The van der Waals surface area contributed by atoms with Crippen LogP contribution < -0.4 is 5.32 Å². The number of nitrogens with zero attached hydrogens (tertiary/aromatic N) is 5. The summed E-state index contributed by atoms with van der Waals surface area (Å²) < 4.78 is 2.07. The molecule has 7 nitrogen and oxygen atoms in total. The summed E-state index contributed by atoms with van der Waals surface area (Å²) in [4.78, 5) is 17.5. The molecule has 3 atom stereocenters. The summed E-state index contributed by atoms with van der Waals surface area (Å²) in [5.41, 5.74) is 1.91. The lowest BCUT2D eigenvalue weighted by Crippen LogP contribution is -2.28. The summed E-state index contributed by atoms with van der Waals surface area (Å²) in [5.74, 6) is 1.86. The molecule has 140 valence electrons. The number of nitrogens with one attached hydrogen (secondary N) is 1. The van der Waals surface area contributed by atoms with Crippen molar-refractivity contribution in [2.45, 2.75) is 44.9 Å². The van der Waals surface area contributed by atoms with Crippen molar-refractivity contribution in [3.63, 3.8) is 0 Å². The number of anilines is 1. The average Bonchev–Trinajstić information content (AvgIpc) is 3.32. The van der Waals surface area contributed by atoms with E-state index >= 15 is 0 Å². The predicted octanol–water partition coefficient (Wildman–Crippen LogP) is 2.55. The molecule has 1 aliphatic rings. The average molecular weight is 364 g/mol. The minimum absolute atomic E-state index is 0.0107. The highest BCUT2D eigenvalue weighted by molar-refractivity contribution is 5.57. The first-order valence-electron chi connectivity index (χ1n) is 9.40. The Bertz CT molecular complexity index is 867. The van der Waals surface area contributed by atoms with Gasteiger partial charge in [0.25, 0.3) is 0 Å². The Labute approximate surface area is 158 Å². The van der Waals surface area contributed by atoms with Gasteiger partial charge in [-0.3, -0.25) is 4.98 Å². The normalized spacial score (nSPS) is 22.1. The molecule has 27 heavy (non-hydrogen) atoms. The van der Waals surface area contributed by atoms with Crippen LogP contribution in [0.25, 0.3) is 11.4 Å². The van der Waals surface area contributed by atoms with Crippen LogP contribution in [-0.2, 0) is 13.0 Å². The third-order valence-electron chi connectivity index (χ3n) is 5.07. The highest BCUT2D eigenvalue weighted by Gasteiger charge is 2.33. The Morgan fingerprint density at radius 2 is 2.00 bits per heavy atom. The van der Waals surface area contributed by atoms with Crippen molar-refractivity contribution in [2.75, 3.05) is 5.32 Å². The molecule has 1 unspecified atom stereocenters. The lowest BCUT2D eigenvalue weighted by atomic mass is 10.1. The first-order chi connectivity index (χ1) is 13.2. The number of aromatic nitrogens is 5. The van der Waals surface area contributed by atoms with Crippen LogP contribution in [0.1, 0.15) is 25.5 Å². The van der Waals surface area contributed by atoms with E-state index in [9.17, 15) is 5.11 Å². The van der Waals surface area contributed by atoms with E-state index in [0.717, 1.165) is 42.9 Å². The van der Waals surface area contributed by atoms with E-state index < -0.39 is 0 Å². The standard InChI is InChI=1S/C20H24N6O/c1-2-16-11-19(25-20(23-16)15-3-5-21-6-4-15)24-17-9-14(10-18(17)27)12-26-8-7-22-13-26/h3-8,11,13-14,17-18,27H,2,9-10,12H2,1H3,(H,23,24,25)/t14?,17-,18-/m1/s1. The maximum atomic E-state index is 10.5. The Hall–Kier alpha value is -2.80. The molecule has 1 saturated carbocycles. The minimum atomic E-state index is -0.386. The minimum Gasteiger partial charge on any atom is -0.391 e. The first kappa shape index (κ1) is 17.6. The third kappa shape index (κ3) is 4.14. The molecule has 3 aromatic heterocycles. The number of imidazole rings is 1. The van der Waals surface area contributed by atoms with Gasteiger partial charge in [-0.15, -0.1) is 0 Å². The summed E-state index contributed by atoms with van der Waals surface area (Å²) >= 11 is 0. The molecule has 1 aliphatic carbocycles. The summed E-state index contributed by atoms with van der Waals surface area (Å²) in [6.07, 6.45) is 11.2. The van der Waals surface area contributed by atoms with Gasteiger partial charge in [0.15, 0.2) is 5.82 Å². The SMILES string of the molecule is CCc1cc(N[C@@H]2CC(Cn3ccnc3)C[C@H]2O)nc(-c2ccncc2)n1. The lowest BCUT2D eigenvalue weighted by Gasteiger charge is -2.18. The molecule has 4 rings (SSSR count). The van der Waals surface area contributed by atoms with Crippen LogP contribution in [0.2, 0.25) is 0 Å². The van der Waals surface area contributed by atoms with Crippen molar-refractivity contribution in [1.29, 1.82) is 0 Å². The van der Waals surface area contributed by atoms with Gasteiger partial charge in [-0.05, 0) is 37.3 Å². The second kappa shape index (κ2) is 7.84. The van der Waals surface area contributed by atoms with E-state index in [4.69, 9.17) is 0 Å². The predicted molar refractivity (Wildman–Crippen MR) is 103 cm³/mol. The van der Waals surface area contributed by atoms with Gasteiger partial charge in [0.1, 0.15) is 5.82 Å². The topological polar surface area (TPSA) is 88.8 Å². The maximum Gasteiger partial charge on any atom is 0.161 e. The van der Waals surface area contributed by atoms with E-state index in [0.29, 0.717) is 11.7 Å². The van der Waals surface area contributed by atoms with Crippen LogP contribution >= 0.6 is 0 Å². The van der Waals surface area contributed by atoms with Crippen LogP contribution in [0, 0.1) is 5.92 Å². The highest BCUT2D eigenvalue weighted by Crippen LogP contribution is 2.30. The van der Waals surface area contributed by atoms with Gasteiger partial charge < -0.3 is 15.0 Å². The van der Waals surface area contributed by atoms with Crippen molar-refractivity contribution in [2.24, 2.45) is 5.92 Å². The number of aliphatic hydroxyl groups excluding tert-OH is 1. The number of hydrogen-bond donors (Lipinski definition) is 2. The van der Waals surface area contributed by atoms with Crippen LogP contribution in [0.4, 0.5) is 5.82 Å². The zero-order valence-corrected chi connectivity index (χ0v) is 15.4. The molecule has 1 fully saturated rings. The van der Waals surface area contributed by atoms with Crippen molar-refractivity contribution in [3.05, 3.63) is 55.0 Å². The smallest absolute Gasteiger partial charge is 0.161 e. The van der Waals surface area contributed by atoms with Gasteiger partial charge in [0.2, 0.25) is 0 Å². The molecule has 0 radical (unpaired) electrons. The fourth-order valence-corrected chi connectivity index (χ4v) is 3.69. The van der Waals surface area contributed by atoms with Crippen molar-refractivity contribution < 1.29 is 5.11 Å². The van der Waals surface area contributed by atoms with Gasteiger partial charge in [0.05, 0.1) is 18.5 Å². The maximum absolute atomic E-state index is 10.5. The van der Waals surface area contributed by atoms with E-state index in [-0.39, 0.29) is 12.1 Å².